The van der Waals surface area contributed by atoms with Crippen LogP contribution in [0.5, 0.6) is 0 Å². The van der Waals surface area contributed by atoms with Crippen molar-refractivity contribution in [2.24, 2.45) is 0 Å². The molecule has 2 heterocycles. The molecule has 1 amide bonds. The molecule has 5 rings (SSSR count). The topological polar surface area (TPSA) is 62.9 Å². The van der Waals surface area contributed by atoms with Crippen LogP contribution in [0.25, 0.3) is 16.5 Å². The number of rotatable bonds is 5. The Hall–Kier alpha value is -2.61. The number of para-hydroxylation sites is 1. The fourth-order valence-corrected chi connectivity index (χ4v) is 4.58. The van der Waals surface area contributed by atoms with Crippen LogP contribution in [0.15, 0.2) is 87.8 Å². The summed E-state index contributed by atoms with van der Waals surface area (Å²) in [7, 11) is 0. The van der Waals surface area contributed by atoms with Gasteiger partial charge in [0.05, 0.1) is 5.57 Å². The van der Waals surface area contributed by atoms with Crippen LogP contribution >= 0.6 is 39.1 Å². The normalized spacial score (nSPS) is 18.2. The molecule has 0 fully saturated rings. The summed E-state index contributed by atoms with van der Waals surface area (Å²) >= 11 is 15.7. The van der Waals surface area contributed by atoms with Crippen LogP contribution in [-0.2, 0) is 22.0 Å². The third-order valence-electron chi connectivity index (χ3n) is 5.36. The van der Waals surface area contributed by atoms with E-state index in [-0.39, 0.29) is 17.9 Å². The third-order valence-corrected chi connectivity index (χ3v) is 6.44. The predicted octanol–water partition coefficient (Wildman–Crippen LogP) is 6.70. The maximum absolute atomic E-state index is 13.4. The number of amides is 1. The minimum atomic E-state index is -1.97. The van der Waals surface area contributed by atoms with Gasteiger partial charge in [-0.25, -0.2) is 0 Å². The van der Waals surface area contributed by atoms with Crippen molar-refractivity contribution in [1.29, 1.82) is 0 Å². The first kappa shape index (κ1) is 22.2. The molecule has 0 saturated carbocycles. The summed E-state index contributed by atoms with van der Waals surface area (Å²) in [5.74, 6) is -0.356. The standard InChI is InChI=1S/C25H16BrCl2NO4/c26-18-6-3-5-15(10-18)20-13-25(31,23-11-16-4-1-2-7-22(16)33-23)29(24(20)30)32-14-17-8-9-19(27)12-21(17)28/h1-13,31H,14H2. The van der Waals surface area contributed by atoms with Crippen LogP contribution in [-0.4, -0.2) is 16.1 Å². The number of benzene rings is 3. The minimum Gasteiger partial charge on any atom is -0.455 e. The van der Waals surface area contributed by atoms with Gasteiger partial charge in [-0.15, -0.1) is 0 Å². The first-order valence-corrected chi connectivity index (χ1v) is 11.5. The Bertz CT molecular complexity index is 1380. The van der Waals surface area contributed by atoms with Gasteiger partial charge in [0, 0.05) is 19.9 Å². The number of hydroxylamine groups is 2. The Kier molecular flexibility index (Phi) is 5.80. The second-order valence-electron chi connectivity index (χ2n) is 7.55. The largest absolute Gasteiger partial charge is 0.455 e. The van der Waals surface area contributed by atoms with Gasteiger partial charge in [-0.3, -0.25) is 9.63 Å². The molecule has 0 bridgehead atoms. The second kappa shape index (κ2) is 8.63. The number of hydrogen-bond acceptors (Lipinski definition) is 4. The van der Waals surface area contributed by atoms with Gasteiger partial charge in [0.2, 0.25) is 5.72 Å². The number of fused-ring (bicyclic) bond motifs is 1. The lowest BCUT2D eigenvalue weighted by atomic mass is 10.0. The van der Waals surface area contributed by atoms with Crippen LogP contribution in [0.3, 0.4) is 0 Å². The molecule has 1 unspecified atom stereocenters. The lowest BCUT2D eigenvalue weighted by Crippen LogP contribution is -2.43. The van der Waals surface area contributed by atoms with Gasteiger partial charge in [0.25, 0.3) is 5.91 Å². The zero-order valence-electron chi connectivity index (χ0n) is 17.0. The molecule has 33 heavy (non-hydrogen) atoms. The highest BCUT2D eigenvalue weighted by Crippen LogP contribution is 2.42. The van der Waals surface area contributed by atoms with E-state index in [1.165, 1.54) is 6.08 Å². The van der Waals surface area contributed by atoms with E-state index >= 15 is 0 Å². The number of halogens is 3. The van der Waals surface area contributed by atoms with Gasteiger partial charge in [-0.05, 0) is 53.6 Å². The number of hydrogen-bond donors (Lipinski definition) is 1. The zero-order valence-corrected chi connectivity index (χ0v) is 20.1. The smallest absolute Gasteiger partial charge is 0.281 e. The maximum Gasteiger partial charge on any atom is 0.281 e. The minimum absolute atomic E-state index is 0.0656. The van der Waals surface area contributed by atoms with Crippen molar-refractivity contribution < 1.29 is 19.2 Å². The van der Waals surface area contributed by atoms with Crippen LogP contribution in [0.1, 0.15) is 16.9 Å². The van der Waals surface area contributed by atoms with Crippen molar-refractivity contribution in [2.75, 3.05) is 0 Å². The van der Waals surface area contributed by atoms with Crippen molar-refractivity contribution in [2.45, 2.75) is 12.3 Å². The van der Waals surface area contributed by atoms with E-state index in [0.717, 1.165) is 14.9 Å². The number of aliphatic hydroxyl groups is 1. The number of furan rings is 1. The molecule has 0 aliphatic carbocycles. The van der Waals surface area contributed by atoms with Crippen molar-refractivity contribution >= 4 is 61.6 Å². The molecule has 1 atom stereocenters. The molecule has 0 saturated heterocycles. The molecule has 166 valence electrons. The molecular weight excluding hydrogens is 529 g/mol. The van der Waals surface area contributed by atoms with Crippen LogP contribution < -0.4 is 0 Å². The quantitative estimate of drug-likeness (QED) is 0.303. The monoisotopic (exact) mass is 543 g/mol. The number of carbonyl (C=O) groups is 1. The Labute approximate surface area is 207 Å². The number of carbonyl (C=O) groups excluding carboxylic acids is 1. The molecule has 4 aromatic rings. The number of nitrogens with zero attached hydrogens (tertiary/aromatic N) is 1. The van der Waals surface area contributed by atoms with Gasteiger partial charge in [0.15, 0.2) is 5.76 Å². The van der Waals surface area contributed by atoms with Gasteiger partial charge in [0.1, 0.15) is 12.2 Å². The lowest BCUT2D eigenvalue weighted by molar-refractivity contribution is -0.267. The first-order valence-electron chi connectivity index (χ1n) is 9.97. The van der Waals surface area contributed by atoms with E-state index < -0.39 is 11.6 Å². The van der Waals surface area contributed by atoms with Crippen molar-refractivity contribution in [3.63, 3.8) is 0 Å². The Morgan fingerprint density at radius 3 is 2.61 bits per heavy atom. The van der Waals surface area contributed by atoms with E-state index in [2.05, 4.69) is 15.9 Å². The second-order valence-corrected chi connectivity index (χ2v) is 9.31. The van der Waals surface area contributed by atoms with E-state index in [1.54, 1.807) is 42.5 Å². The summed E-state index contributed by atoms with van der Waals surface area (Å²) < 4.78 is 6.71. The van der Waals surface area contributed by atoms with E-state index in [4.69, 9.17) is 32.5 Å². The predicted molar refractivity (Wildman–Crippen MR) is 130 cm³/mol. The average molecular weight is 545 g/mol. The summed E-state index contributed by atoms with van der Waals surface area (Å²) in [4.78, 5) is 19.3. The third kappa shape index (κ3) is 4.09. The molecule has 0 spiro atoms. The van der Waals surface area contributed by atoms with E-state index in [9.17, 15) is 9.90 Å². The zero-order chi connectivity index (χ0) is 23.2. The first-order chi connectivity index (χ1) is 15.8. The molecule has 3 aromatic carbocycles. The molecule has 0 radical (unpaired) electrons. The fraction of sp³-hybridized carbons (Fsp3) is 0.0800. The van der Waals surface area contributed by atoms with Crippen LogP contribution in [0.2, 0.25) is 10.0 Å². The van der Waals surface area contributed by atoms with E-state index in [0.29, 0.717) is 26.8 Å². The Morgan fingerprint density at radius 1 is 1.03 bits per heavy atom. The van der Waals surface area contributed by atoms with Crippen molar-refractivity contribution in [1.82, 2.24) is 5.06 Å². The van der Waals surface area contributed by atoms with Crippen LogP contribution in [0.4, 0.5) is 0 Å². The molecule has 1 aliphatic rings. The van der Waals surface area contributed by atoms with Gasteiger partial charge in [-0.2, -0.15) is 5.06 Å². The average Bonchev–Trinajstić information content (AvgIpc) is 3.34. The summed E-state index contributed by atoms with van der Waals surface area (Å²) in [5, 5.41) is 14.3. The van der Waals surface area contributed by atoms with Crippen LogP contribution in [0, 0.1) is 0 Å². The highest BCUT2D eigenvalue weighted by molar-refractivity contribution is 9.10. The summed E-state index contributed by atoms with van der Waals surface area (Å²) in [6.07, 6.45) is 1.44. The van der Waals surface area contributed by atoms with Crippen molar-refractivity contribution in [3.05, 3.63) is 110 Å². The Balaban J connectivity index is 1.57. The van der Waals surface area contributed by atoms with E-state index in [1.807, 2.05) is 30.3 Å². The summed E-state index contributed by atoms with van der Waals surface area (Å²) in [6, 6.07) is 21.2. The molecule has 5 nitrogen and oxygen atoms in total. The maximum atomic E-state index is 13.4. The van der Waals surface area contributed by atoms with Crippen molar-refractivity contribution in [3.8, 4) is 0 Å². The lowest BCUT2D eigenvalue weighted by Gasteiger charge is -2.30. The SMILES string of the molecule is O=C1C(c2cccc(Br)c2)=CC(O)(c2cc3ccccc3o2)N1OCc1ccc(Cl)cc1Cl. The summed E-state index contributed by atoms with van der Waals surface area (Å²) in [5.41, 5.74) is 0.128. The molecular formula is C25H16BrCl2NO4. The molecule has 1 aliphatic heterocycles. The van der Waals surface area contributed by atoms with Gasteiger partial charge < -0.3 is 9.52 Å². The molecule has 1 aromatic heterocycles. The fourth-order valence-electron chi connectivity index (χ4n) is 3.71. The van der Waals surface area contributed by atoms with Gasteiger partial charge >= 0.3 is 0 Å². The molecule has 1 N–H and O–H groups in total. The molecule has 8 heteroatoms. The Morgan fingerprint density at radius 2 is 1.85 bits per heavy atom. The van der Waals surface area contributed by atoms with Gasteiger partial charge in [-0.1, -0.05) is 75.5 Å². The highest BCUT2D eigenvalue weighted by Gasteiger charge is 2.49. The summed E-state index contributed by atoms with van der Waals surface area (Å²) in [6.45, 7) is -0.0656. The highest BCUT2D eigenvalue weighted by atomic mass is 79.9.